The minimum Gasteiger partial charge on any atom is -0.313 e. The van der Waals surface area contributed by atoms with Crippen LogP contribution in [0.4, 0.5) is 0 Å². The molecule has 114 valence electrons. The highest BCUT2D eigenvalue weighted by molar-refractivity contribution is 7.99. The molecule has 1 aromatic carbocycles. The second kappa shape index (κ2) is 9.46. The van der Waals surface area contributed by atoms with Gasteiger partial charge in [0, 0.05) is 17.0 Å². The van der Waals surface area contributed by atoms with Crippen LogP contribution in [0.25, 0.3) is 0 Å². The standard InChI is InChI=1S/C18H31NS/c1-6-10-19-18(13-20-16(5)7-2)12-17-11-14(3)8-9-15(17)4/h8-9,11,16,18-19H,6-7,10,12-13H2,1-5H3. The van der Waals surface area contributed by atoms with E-state index in [-0.39, 0.29) is 0 Å². The molecule has 0 amide bonds. The molecule has 2 atom stereocenters. The zero-order chi connectivity index (χ0) is 15.0. The van der Waals surface area contributed by atoms with Crippen LogP contribution < -0.4 is 5.32 Å². The third kappa shape index (κ3) is 6.32. The lowest BCUT2D eigenvalue weighted by Gasteiger charge is -2.21. The highest BCUT2D eigenvalue weighted by Crippen LogP contribution is 2.18. The van der Waals surface area contributed by atoms with E-state index < -0.39 is 0 Å². The summed E-state index contributed by atoms with van der Waals surface area (Å²) in [7, 11) is 0. The number of rotatable bonds is 9. The molecule has 1 N–H and O–H groups in total. The van der Waals surface area contributed by atoms with Gasteiger partial charge in [0.25, 0.3) is 0 Å². The van der Waals surface area contributed by atoms with Crippen molar-refractivity contribution < 1.29 is 0 Å². The molecule has 2 heteroatoms. The Morgan fingerprint density at radius 3 is 2.60 bits per heavy atom. The largest absolute Gasteiger partial charge is 0.313 e. The Labute approximate surface area is 129 Å². The molecule has 2 unspecified atom stereocenters. The summed E-state index contributed by atoms with van der Waals surface area (Å²) in [5.41, 5.74) is 4.30. The molecule has 0 saturated carbocycles. The maximum Gasteiger partial charge on any atom is 0.0198 e. The van der Waals surface area contributed by atoms with Gasteiger partial charge in [-0.15, -0.1) is 0 Å². The Morgan fingerprint density at radius 2 is 1.95 bits per heavy atom. The van der Waals surface area contributed by atoms with E-state index in [0.717, 1.165) is 18.2 Å². The molecule has 1 rings (SSSR count). The van der Waals surface area contributed by atoms with E-state index in [1.54, 1.807) is 0 Å². The normalized spacial score (nSPS) is 14.2. The molecule has 0 radical (unpaired) electrons. The van der Waals surface area contributed by atoms with E-state index in [0.29, 0.717) is 6.04 Å². The fraction of sp³-hybridized carbons (Fsp3) is 0.667. The van der Waals surface area contributed by atoms with Crippen molar-refractivity contribution in [1.29, 1.82) is 0 Å². The average molecular weight is 294 g/mol. The van der Waals surface area contributed by atoms with Crippen molar-refractivity contribution in [2.75, 3.05) is 12.3 Å². The maximum absolute atomic E-state index is 3.72. The van der Waals surface area contributed by atoms with Crippen LogP contribution in [-0.4, -0.2) is 23.6 Å². The number of thioether (sulfide) groups is 1. The van der Waals surface area contributed by atoms with Crippen LogP contribution in [0.2, 0.25) is 0 Å². The summed E-state index contributed by atoms with van der Waals surface area (Å²) in [4.78, 5) is 0. The van der Waals surface area contributed by atoms with E-state index in [1.165, 1.54) is 35.3 Å². The van der Waals surface area contributed by atoms with Crippen LogP contribution in [-0.2, 0) is 6.42 Å². The van der Waals surface area contributed by atoms with Gasteiger partial charge in [0.1, 0.15) is 0 Å². The van der Waals surface area contributed by atoms with Crippen molar-refractivity contribution in [3.05, 3.63) is 34.9 Å². The Morgan fingerprint density at radius 1 is 1.20 bits per heavy atom. The van der Waals surface area contributed by atoms with Gasteiger partial charge < -0.3 is 5.32 Å². The first-order chi connectivity index (χ1) is 9.56. The number of aryl methyl sites for hydroxylation is 2. The second-order valence-corrected chi connectivity index (χ2v) is 7.31. The van der Waals surface area contributed by atoms with E-state index in [2.05, 4.69) is 69.9 Å². The van der Waals surface area contributed by atoms with Crippen LogP contribution in [0.15, 0.2) is 18.2 Å². The highest BCUT2D eigenvalue weighted by atomic mass is 32.2. The maximum atomic E-state index is 3.72. The molecule has 0 aliphatic carbocycles. The van der Waals surface area contributed by atoms with Crippen molar-refractivity contribution in [1.82, 2.24) is 5.32 Å². The molecule has 0 fully saturated rings. The number of hydrogen-bond donors (Lipinski definition) is 1. The van der Waals surface area contributed by atoms with Gasteiger partial charge in [0.2, 0.25) is 0 Å². The molecule has 0 saturated heterocycles. The van der Waals surface area contributed by atoms with E-state index in [1.807, 2.05) is 0 Å². The molecular weight excluding hydrogens is 262 g/mol. The Kier molecular flexibility index (Phi) is 8.32. The Balaban J connectivity index is 2.65. The molecule has 20 heavy (non-hydrogen) atoms. The summed E-state index contributed by atoms with van der Waals surface area (Å²) in [5.74, 6) is 1.21. The monoisotopic (exact) mass is 293 g/mol. The predicted molar refractivity (Wildman–Crippen MR) is 93.9 cm³/mol. The van der Waals surface area contributed by atoms with Crippen LogP contribution in [0, 0.1) is 13.8 Å². The van der Waals surface area contributed by atoms with E-state index >= 15 is 0 Å². The van der Waals surface area contributed by atoms with Gasteiger partial charge >= 0.3 is 0 Å². The first kappa shape index (κ1) is 17.6. The summed E-state index contributed by atoms with van der Waals surface area (Å²) < 4.78 is 0. The minimum absolute atomic E-state index is 0.592. The first-order valence-electron chi connectivity index (χ1n) is 7.97. The molecule has 0 aliphatic heterocycles. The summed E-state index contributed by atoms with van der Waals surface area (Å²) in [6.45, 7) is 12.4. The summed E-state index contributed by atoms with van der Waals surface area (Å²) in [5, 5.41) is 4.49. The van der Waals surface area contributed by atoms with Crippen molar-refractivity contribution in [2.45, 2.75) is 65.2 Å². The van der Waals surface area contributed by atoms with Crippen molar-refractivity contribution >= 4 is 11.8 Å². The zero-order valence-electron chi connectivity index (χ0n) is 13.8. The molecule has 1 aromatic rings. The molecule has 0 heterocycles. The first-order valence-corrected chi connectivity index (χ1v) is 9.02. The molecule has 0 aromatic heterocycles. The Bertz CT molecular complexity index is 389. The number of benzene rings is 1. The van der Waals surface area contributed by atoms with Crippen molar-refractivity contribution in [3.63, 3.8) is 0 Å². The van der Waals surface area contributed by atoms with Gasteiger partial charge in [-0.2, -0.15) is 11.8 Å². The van der Waals surface area contributed by atoms with Gasteiger partial charge in [0.05, 0.1) is 0 Å². The fourth-order valence-corrected chi connectivity index (χ4v) is 3.25. The lowest BCUT2D eigenvalue weighted by Crippen LogP contribution is -2.34. The number of hydrogen-bond acceptors (Lipinski definition) is 2. The van der Waals surface area contributed by atoms with Crippen molar-refractivity contribution in [2.24, 2.45) is 0 Å². The molecule has 1 nitrogen and oxygen atoms in total. The fourth-order valence-electron chi connectivity index (χ4n) is 2.22. The van der Waals surface area contributed by atoms with E-state index in [4.69, 9.17) is 0 Å². The van der Waals surface area contributed by atoms with Crippen LogP contribution in [0.3, 0.4) is 0 Å². The van der Waals surface area contributed by atoms with E-state index in [9.17, 15) is 0 Å². The average Bonchev–Trinajstić information content (AvgIpc) is 2.45. The van der Waals surface area contributed by atoms with Crippen molar-refractivity contribution in [3.8, 4) is 0 Å². The number of nitrogens with one attached hydrogen (secondary N) is 1. The quantitative estimate of drug-likeness (QED) is 0.705. The zero-order valence-corrected chi connectivity index (χ0v) is 14.6. The molecule has 0 bridgehead atoms. The summed E-state index contributed by atoms with van der Waals surface area (Å²) >= 11 is 2.10. The van der Waals surface area contributed by atoms with Gasteiger partial charge in [-0.3, -0.25) is 0 Å². The van der Waals surface area contributed by atoms with Gasteiger partial charge in [-0.05, 0) is 50.8 Å². The third-order valence-electron chi connectivity index (χ3n) is 3.81. The topological polar surface area (TPSA) is 12.0 Å². The highest BCUT2D eigenvalue weighted by Gasteiger charge is 2.12. The molecule has 0 spiro atoms. The Hall–Kier alpha value is -0.470. The van der Waals surface area contributed by atoms with Gasteiger partial charge in [0.15, 0.2) is 0 Å². The van der Waals surface area contributed by atoms with Gasteiger partial charge in [-0.25, -0.2) is 0 Å². The third-order valence-corrected chi connectivity index (χ3v) is 5.31. The predicted octanol–water partition coefficient (Wildman–Crippen LogP) is 4.75. The minimum atomic E-state index is 0.592. The van der Waals surface area contributed by atoms with Crippen LogP contribution in [0.5, 0.6) is 0 Å². The van der Waals surface area contributed by atoms with Crippen LogP contribution >= 0.6 is 11.8 Å². The smallest absolute Gasteiger partial charge is 0.0198 e. The van der Waals surface area contributed by atoms with Crippen LogP contribution in [0.1, 0.15) is 50.3 Å². The lowest BCUT2D eigenvalue weighted by molar-refractivity contribution is 0.548. The second-order valence-electron chi connectivity index (χ2n) is 5.84. The lowest BCUT2D eigenvalue weighted by atomic mass is 9.99. The summed E-state index contributed by atoms with van der Waals surface area (Å²) in [6, 6.07) is 7.41. The SMILES string of the molecule is CCCNC(CSC(C)CC)Cc1cc(C)ccc1C. The summed E-state index contributed by atoms with van der Waals surface area (Å²) in [6.07, 6.45) is 3.61. The molecule has 0 aliphatic rings. The molecular formula is C18H31NS. The van der Waals surface area contributed by atoms with Gasteiger partial charge in [-0.1, -0.05) is 44.5 Å².